The molecule has 2 nitrogen and oxygen atoms in total. The number of hydrogen-bond donors (Lipinski definition) is 0. The molecule has 0 amide bonds. The van der Waals surface area contributed by atoms with Crippen molar-refractivity contribution < 1.29 is 0 Å². The molecule has 0 unspecified atom stereocenters. The third-order valence-corrected chi connectivity index (χ3v) is 11.9. The van der Waals surface area contributed by atoms with Crippen molar-refractivity contribution in [3.05, 3.63) is 253 Å². The predicted octanol–water partition coefficient (Wildman–Crippen LogP) is 14.3. The van der Waals surface area contributed by atoms with Crippen LogP contribution < -0.4 is 4.90 Å². The summed E-state index contributed by atoms with van der Waals surface area (Å²) < 4.78 is 2.48. The van der Waals surface area contributed by atoms with Gasteiger partial charge in [-0.2, -0.15) is 0 Å². The molecule has 2 heteroatoms. The lowest BCUT2D eigenvalue weighted by molar-refractivity contribution is 0.768. The predicted molar refractivity (Wildman–Crippen MR) is 238 cm³/mol. The first kappa shape index (κ1) is 33.0. The highest BCUT2D eigenvalue weighted by Crippen LogP contribution is 2.59. The van der Waals surface area contributed by atoms with Crippen LogP contribution in [-0.2, 0) is 5.41 Å². The zero-order chi connectivity index (χ0) is 37.8. The number of fused-ring (bicyclic) bond motifs is 6. The summed E-state index contributed by atoms with van der Waals surface area (Å²) in [6.45, 7) is 0. The lowest BCUT2D eigenvalue weighted by Crippen LogP contribution is -2.28. The second kappa shape index (κ2) is 13.4. The molecule has 0 atom stereocenters. The van der Waals surface area contributed by atoms with Gasteiger partial charge in [0.2, 0.25) is 0 Å². The van der Waals surface area contributed by atoms with Crippen molar-refractivity contribution in [3.8, 4) is 27.9 Å². The summed E-state index contributed by atoms with van der Waals surface area (Å²) >= 11 is 0. The molecule has 0 spiro atoms. The quantitative estimate of drug-likeness (QED) is 0.159. The molecule has 1 heterocycles. The maximum atomic E-state index is 2.48. The van der Waals surface area contributed by atoms with E-state index in [9.17, 15) is 0 Å². The van der Waals surface area contributed by atoms with Gasteiger partial charge in [0.25, 0.3) is 0 Å². The third-order valence-electron chi connectivity index (χ3n) is 11.9. The van der Waals surface area contributed by atoms with Crippen molar-refractivity contribution >= 4 is 38.9 Å². The van der Waals surface area contributed by atoms with Crippen molar-refractivity contribution in [1.82, 2.24) is 4.57 Å². The van der Waals surface area contributed by atoms with E-state index in [1.165, 1.54) is 72.0 Å². The number of nitrogens with zero attached hydrogens (tertiary/aromatic N) is 2. The number of aromatic nitrogens is 1. The van der Waals surface area contributed by atoms with E-state index in [1.807, 2.05) is 0 Å². The Kier molecular flexibility index (Phi) is 7.75. The number of rotatable bonds is 7. The van der Waals surface area contributed by atoms with E-state index in [4.69, 9.17) is 0 Å². The van der Waals surface area contributed by atoms with E-state index in [1.54, 1.807) is 0 Å². The van der Waals surface area contributed by atoms with Gasteiger partial charge in [-0.05, 0) is 93.5 Å². The molecule has 57 heavy (non-hydrogen) atoms. The zero-order valence-electron chi connectivity index (χ0n) is 31.3. The van der Waals surface area contributed by atoms with E-state index >= 15 is 0 Å². The van der Waals surface area contributed by atoms with Crippen molar-refractivity contribution in [2.24, 2.45) is 0 Å². The molecule has 1 aliphatic carbocycles. The fourth-order valence-electron chi connectivity index (χ4n) is 9.47. The van der Waals surface area contributed by atoms with Gasteiger partial charge in [0.05, 0.1) is 22.1 Å². The van der Waals surface area contributed by atoms with Crippen LogP contribution in [0.1, 0.15) is 22.3 Å². The van der Waals surface area contributed by atoms with Crippen LogP contribution in [0.4, 0.5) is 17.1 Å². The molecule has 0 N–H and O–H groups in total. The molecule has 268 valence electrons. The number of anilines is 3. The molecule has 1 aliphatic rings. The first-order valence-corrected chi connectivity index (χ1v) is 19.7. The van der Waals surface area contributed by atoms with Crippen LogP contribution >= 0.6 is 0 Å². The molecular weight excluding hydrogens is 689 g/mol. The van der Waals surface area contributed by atoms with Crippen LogP contribution in [0, 0.1) is 0 Å². The van der Waals surface area contributed by atoms with Gasteiger partial charge in [0, 0.05) is 33.4 Å². The molecule has 0 fully saturated rings. The largest absolute Gasteiger partial charge is 0.310 e. The lowest BCUT2D eigenvalue weighted by atomic mass is 9.67. The van der Waals surface area contributed by atoms with Gasteiger partial charge in [0.15, 0.2) is 0 Å². The standard InChI is InChI=1S/C55H38N2/c1-5-18-39(19-6-1)40-32-34-44(35-33-40)56(43-24-11-4-12-25-43)45-36-37-48-50(38-45)55(41-20-7-2-8-21-41,42-22-9-3-10-23-42)49-28-17-31-53(54(48)49)57-51-29-15-13-26-46(51)47-27-14-16-30-52(47)57/h1-38H. The lowest BCUT2D eigenvalue weighted by Gasteiger charge is -2.35. The van der Waals surface area contributed by atoms with Crippen molar-refractivity contribution in [2.45, 2.75) is 5.41 Å². The molecule has 9 aromatic carbocycles. The van der Waals surface area contributed by atoms with Crippen LogP contribution in [0.5, 0.6) is 0 Å². The second-order valence-corrected chi connectivity index (χ2v) is 14.9. The van der Waals surface area contributed by atoms with Gasteiger partial charge in [-0.1, -0.05) is 176 Å². The van der Waals surface area contributed by atoms with Gasteiger partial charge >= 0.3 is 0 Å². The molecule has 0 aliphatic heterocycles. The third kappa shape index (κ3) is 5.11. The number of benzene rings is 9. The van der Waals surface area contributed by atoms with E-state index in [0.717, 1.165) is 17.1 Å². The highest BCUT2D eigenvalue weighted by molar-refractivity contribution is 6.10. The van der Waals surface area contributed by atoms with Gasteiger partial charge in [-0.15, -0.1) is 0 Å². The van der Waals surface area contributed by atoms with Crippen LogP contribution in [-0.4, -0.2) is 4.57 Å². The van der Waals surface area contributed by atoms with Gasteiger partial charge < -0.3 is 9.47 Å². The van der Waals surface area contributed by atoms with Crippen LogP contribution in [0.3, 0.4) is 0 Å². The molecule has 1 aromatic heterocycles. The van der Waals surface area contributed by atoms with Gasteiger partial charge in [-0.3, -0.25) is 0 Å². The Morgan fingerprint density at radius 3 is 1.46 bits per heavy atom. The minimum atomic E-state index is -0.586. The summed E-state index contributed by atoms with van der Waals surface area (Å²) in [6, 6.07) is 84.3. The Bertz CT molecular complexity index is 2950. The van der Waals surface area contributed by atoms with Crippen molar-refractivity contribution in [2.75, 3.05) is 4.90 Å². The fraction of sp³-hybridized carbons (Fsp3) is 0.0182. The van der Waals surface area contributed by atoms with E-state index in [0.29, 0.717) is 0 Å². The Hall–Kier alpha value is -7.42. The molecule has 11 rings (SSSR count). The maximum absolute atomic E-state index is 2.48. The topological polar surface area (TPSA) is 8.17 Å². The molecule has 0 saturated carbocycles. The summed E-state index contributed by atoms with van der Waals surface area (Å²) in [7, 11) is 0. The Morgan fingerprint density at radius 1 is 0.351 bits per heavy atom. The van der Waals surface area contributed by atoms with Gasteiger partial charge in [-0.25, -0.2) is 0 Å². The summed E-state index contributed by atoms with van der Waals surface area (Å²) in [5, 5.41) is 2.52. The smallest absolute Gasteiger partial charge is 0.0715 e. The summed E-state index contributed by atoms with van der Waals surface area (Å²) in [5.41, 5.74) is 16.3. The van der Waals surface area contributed by atoms with E-state index in [2.05, 4.69) is 240 Å². The van der Waals surface area contributed by atoms with E-state index < -0.39 is 5.41 Å². The molecule has 10 aromatic rings. The Morgan fingerprint density at radius 2 is 0.842 bits per heavy atom. The average molecular weight is 727 g/mol. The van der Waals surface area contributed by atoms with Crippen molar-refractivity contribution in [1.29, 1.82) is 0 Å². The Balaban J connectivity index is 1.21. The van der Waals surface area contributed by atoms with Crippen LogP contribution in [0.15, 0.2) is 231 Å². The molecule has 0 radical (unpaired) electrons. The summed E-state index contributed by atoms with van der Waals surface area (Å²) in [5.74, 6) is 0. The summed E-state index contributed by atoms with van der Waals surface area (Å²) in [6.07, 6.45) is 0. The van der Waals surface area contributed by atoms with Crippen molar-refractivity contribution in [3.63, 3.8) is 0 Å². The van der Waals surface area contributed by atoms with E-state index in [-0.39, 0.29) is 0 Å². The average Bonchev–Trinajstić information content (AvgIpc) is 3.79. The highest BCUT2D eigenvalue weighted by Gasteiger charge is 2.47. The minimum absolute atomic E-state index is 0.586. The fourth-order valence-corrected chi connectivity index (χ4v) is 9.47. The first-order valence-electron chi connectivity index (χ1n) is 19.7. The van der Waals surface area contributed by atoms with Crippen LogP contribution in [0.2, 0.25) is 0 Å². The number of hydrogen-bond acceptors (Lipinski definition) is 1. The Labute approximate surface area is 333 Å². The monoisotopic (exact) mass is 726 g/mol. The minimum Gasteiger partial charge on any atom is -0.310 e. The number of para-hydroxylation sites is 3. The molecule has 0 saturated heterocycles. The SMILES string of the molecule is c1ccc(-c2ccc(N(c3ccccc3)c3ccc4c(c3)C(c3ccccc3)(c3ccccc3)c3cccc(-n5c6ccccc6c6ccccc65)c3-4)cc2)cc1. The normalized spacial score (nSPS) is 12.7. The second-order valence-electron chi connectivity index (χ2n) is 14.9. The summed E-state index contributed by atoms with van der Waals surface area (Å²) in [4.78, 5) is 2.40. The molecule has 0 bridgehead atoms. The highest BCUT2D eigenvalue weighted by atomic mass is 15.1. The maximum Gasteiger partial charge on any atom is 0.0715 e. The van der Waals surface area contributed by atoms with Gasteiger partial charge in [0.1, 0.15) is 0 Å². The molecular formula is C55H38N2. The zero-order valence-corrected chi connectivity index (χ0v) is 31.3. The first-order chi connectivity index (χ1) is 28.3. The van der Waals surface area contributed by atoms with Crippen LogP contribution in [0.25, 0.3) is 49.7 Å².